The highest BCUT2D eigenvalue weighted by molar-refractivity contribution is 9.10. The van der Waals surface area contributed by atoms with Crippen LogP contribution in [0.4, 0.5) is 0 Å². The Bertz CT molecular complexity index is 362. The molecule has 0 atom stereocenters. The molecule has 0 spiro atoms. The van der Waals surface area contributed by atoms with Crippen LogP contribution in [-0.4, -0.2) is 19.8 Å². The average Bonchev–Trinajstić information content (AvgIpc) is 2.82. The van der Waals surface area contributed by atoms with Gasteiger partial charge in [0.2, 0.25) is 0 Å². The number of benzene rings is 1. The smallest absolute Gasteiger partial charge is 0.184 e. The summed E-state index contributed by atoms with van der Waals surface area (Å²) in [4.78, 5) is 0. The highest BCUT2D eigenvalue weighted by Crippen LogP contribution is 2.30. The fraction of sp³-hybridized carbons (Fsp3) is 0.538. The molecule has 1 aliphatic heterocycles. The maximum Gasteiger partial charge on any atom is 0.184 e. The Morgan fingerprint density at radius 1 is 1.29 bits per heavy atom. The molecule has 4 heteroatoms. The third-order valence-electron chi connectivity index (χ3n) is 2.55. The molecule has 0 aromatic heterocycles. The molecule has 0 bridgehead atoms. The van der Waals surface area contributed by atoms with E-state index in [1.165, 1.54) is 0 Å². The minimum Gasteiger partial charge on any atom is -0.494 e. The number of hydrogen-bond acceptors (Lipinski definition) is 3. The summed E-state index contributed by atoms with van der Waals surface area (Å²) in [6, 6.07) is 5.95. The molecule has 3 nitrogen and oxygen atoms in total. The summed E-state index contributed by atoms with van der Waals surface area (Å²) >= 11 is 3.48. The number of rotatable bonds is 5. The molecule has 0 saturated carbocycles. The van der Waals surface area contributed by atoms with Gasteiger partial charge in [0.15, 0.2) is 6.29 Å². The zero-order valence-electron chi connectivity index (χ0n) is 9.95. The van der Waals surface area contributed by atoms with Gasteiger partial charge < -0.3 is 14.2 Å². The van der Waals surface area contributed by atoms with Gasteiger partial charge >= 0.3 is 0 Å². The van der Waals surface area contributed by atoms with Crippen molar-refractivity contribution in [1.82, 2.24) is 0 Å². The first-order valence-electron chi connectivity index (χ1n) is 5.96. The molecule has 0 radical (unpaired) electrons. The Balaban J connectivity index is 2.05. The lowest BCUT2D eigenvalue weighted by molar-refractivity contribution is -0.0442. The number of halogens is 1. The first-order chi connectivity index (χ1) is 8.29. The Morgan fingerprint density at radius 2 is 2.06 bits per heavy atom. The SMILES string of the molecule is CCCCOc1cc(Br)cc(C2OCCO2)c1. The second-order valence-electron chi connectivity index (χ2n) is 4.00. The van der Waals surface area contributed by atoms with Crippen molar-refractivity contribution in [1.29, 1.82) is 0 Å². The Kier molecular flexibility index (Phi) is 4.83. The largest absolute Gasteiger partial charge is 0.494 e. The zero-order chi connectivity index (χ0) is 12.1. The van der Waals surface area contributed by atoms with Crippen molar-refractivity contribution in [3.05, 3.63) is 28.2 Å². The normalized spacial score (nSPS) is 16.4. The lowest BCUT2D eigenvalue weighted by Gasteiger charge is -2.12. The molecule has 1 heterocycles. The molecule has 2 rings (SSSR count). The molecule has 0 aliphatic carbocycles. The first kappa shape index (κ1) is 12.9. The molecule has 0 N–H and O–H groups in total. The molecule has 1 aromatic carbocycles. The second kappa shape index (κ2) is 6.38. The topological polar surface area (TPSA) is 27.7 Å². The minimum absolute atomic E-state index is 0.249. The lowest BCUT2D eigenvalue weighted by Crippen LogP contribution is -2.01. The van der Waals surface area contributed by atoms with Crippen LogP contribution in [0.15, 0.2) is 22.7 Å². The highest BCUT2D eigenvalue weighted by atomic mass is 79.9. The molecule has 1 fully saturated rings. The van der Waals surface area contributed by atoms with Gasteiger partial charge in [-0.2, -0.15) is 0 Å². The predicted molar refractivity (Wildman–Crippen MR) is 69.2 cm³/mol. The molecule has 1 aromatic rings. The maximum atomic E-state index is 5.69. The summed E-state index contributed by atoms with van der Waals surface area (Å²) in [5, 5.41) is 0. The van der Waals surface area contributed by atoms with Crippen molar-refractivity contribution in [3.63, 3.8) is 0 Å². The van der Waals surface area contributed by atoms with Crippen molar-refractivity contribution in [2.75, 3.05) is 19.8 Å². The van der Waals surface area contributed by atoms with Crippen LogP contribution >= 0.6 is 15.9 Å². The van der Waals surface area contributed by atoms with Gasteiger partial charge in [0, 0.05) is 10.0 Å². The van der Waals surface area contributed by atoms with Gasteiger partial charge in [0.25, 0.3) is 0 Å². The highest BCUT2D eigenvalue weighted by Gasteiger charge is 2.19. The molecule has 0 amide bonds. The van der Waals surface area contributed by atoms with Crippen LogP contribution in [0.1, 0.15) is 31.6 Å². The minimum atomic E-state index is -0.249. The first-order valence-corrected chi connectivity index (χ1v) is 6.75. The summed E-state index contributed by atoms with van der Waals surface area (Å²) < 4.78 is 17.6. The average molecular weight is 301 g/mol. The zero-order valence-corrected chi connectivity index (χ0v) is 11.5. The van der Waals surface area contributed by atoms with Gasteiger partial charge in [0.1, 0.15) is 5.75 Å². The van der Waals surface area contributed by atoms with Crippen LogP contribution in [0.25, 0.3) is 0 Å². The van der Waals surface area contributed by atoms with Crippen LogP contribution in [-0.2, 0) is 9.47 Å². The monoisotopic (exact) mass is 300 g/mol. The van der Waals surface area contributed by atoms with Gasteiger partial charge in [0.05, 0.1) is 19.8 Å². The lowest BCUT2D eigenvalue weighted by atomic mass is 10.2. The van der Waals surface area contributed by atoms with E-state index in [0.717, 1.165) is 35.2 Å². The van der Waals surface area contributed by atoms with Crippen molar-refractivity contribution >= 4 is 15.9 Å². The van der Waals surface area contributed by atoms with E-state index in [-0.39, 0.29) is 6.29 Å². The summed E-state index contributed by atoms with van der Waals surface area (Å²) in [5.74, 6) is 0.863. The van der Waals surface area contributed by atoms with E-state index in [2.05, 4.69) is 22.9 Å². The third-order valence-corrected chi connectivity index (χ3v) is 3.01. The Hall–Kier alpha value is -0.580. The van der Waals surface area contributed by atoms with Crippen LogP contribution in [0.3, 0.4) is 0 Å². The Morgan fingerprint density at radius 3 is 2.76 bits per heavy atom. The fourth-order valence-electron chi connectivity index (χ4n) is 1.69. The summed E-state index contributed by atoms with van der Waals surface area (Å²) in [7, 11) is 0. The van der Waals surface area contributed by atoms with Crippen molar-refractivity contribution < 1.29 is 14.2 Å². The van der Waals surface area contributed by atoms with Gasteiger partial charge in [-0.25, -0.2) is 0 Å². The molecule has 17 heavy (non-hydrogen) atoms. The molecular weight excluding hydrogens is 284 g/mol. The number of ether oxygens (including phenoxy) is 3. The quantitative estimate of drug-likeness (QED) is 0.777. The second-order valence-corrected chi connectivity index (χ2v) is 4.91. The van der Waals surface area contributed by atoms with Gasteiger partial charge in [-0.15, -0.1) is 0 Å². The molecule has 0 unspecified atom stereocenters. The Labute approximate surface area is 110 Å². The van der Waals surface area contributed by atoms with Crippen LogP contribution in [0, 0.1) is 0 Å². The standard InChI is InChI=1S/C13H17BrO3/c1-2-3-4-15-12-8-10(7-11(14)9-12)13-16-5-6-17-13/h7-9,13H,2-6H2,1H3. The van der Waals surface area contributed by atoms with E-state index < -0.39 is 0 Å². The van der Waals surface area contributed by atoms with E-state index in [9.17, 15) is 0 Å². The molecule has 94 valence electrons. The molecular formula is C13H17BrO3. The van der Waals surface area contributed by atoms with E-state index in [0.29, 0.717) is 13.2 Å². The van der Waals surface area contributed by atoms with Crippen LogP contribution < -0.4 is 4.74 Å². The summed E-state index contributed by atoms with van der Waals surface area (Å²) in [6.07, 6.45) is 1.95. The maximum absolute atomic E-state index is 5.69. The van der Waals surface area contributed by atoms with E-state index in [1.54, 1.807) is 0 Å². The van der Waals surface area contributed by atoms with Crippen molar-refractivity contribution in [3.8, 4) is 5.75 Å². The van der Waals surface area contributed by atoms with Gasteiger partial charge in [-0.1, -0.05) is 29.3 Å². The molecule has 1 saturated heterocycles. The van der Waals surface area contributed by atoms with E-state index >= 15 is 0 Å². The van der Waals surface area contributed by atoms with E-state index in [4.69, 9.17) is 14.2 Å². The van der Waals surface area contributed by atoms with Crippen molar-refractivity contribution in [2.24, 2.45) is 0 Å². The number of hydrogen-bond donors (Lipinski definition) is 0. The van der Waals surface area contributed by atoms with Crippen LogP contribution in [0.5, 0.6) is 5.75 Å². The molecule has 1 aliphatic rings. The fourth-order valence-corrected chi connectivity index (χ4v) is 2.18. The number of unbranched alkanes of at least 4 members (excludes halogenated alkanes) is 1. The predicted octanol–water partition coefficient (Wildman–Crippen LogP) is 3.67. The van der Waals surface area contributed by atoms with Gasteiger partial charge in [-0.05, 0) is 24.6 Å². The summed E-state index contributed by atoms with van der Waals surface area (Å²) in [5.41, 5.74) is 1.00. The van der Waals surface area contributed by atoms with E-state index in [1.807, 2.05) is 18.2 Å². The van der Waals surface area contributed by atoms with Crippen LogP contribution in [0.2, 0.25) is 0 Å². The summed E-state index contributed by atoms with van der Waals surface area (Å²) in [6.45, 7) is 4.21. The van der Waals surface area contributed by atoms with Crippen molar-refractivity contribution in [2.45, 2.75) is 26.1 Å². The third kappa shape index (κ3) is 3.69. The van der Waals surface area contributed by atoms with Gasteiger partial charge in [-0.3, -0.25) is 0 Å².